The molecule has 74 heavy (non-hydrogen) atoms. The lowest BCUT2D eigenvalue weighted by molar-refractivity contribution is -0.287. The Bertz CT molecular complexity index is 1690. The fourth-order valence-corrected chi connectivity index (χ4v) is 25.5. The van der Waals surface area contributed by atoms with Gasteiger partial charge in [-0.15, -0.1) is 0 Å². The van der Waals surface area contributed by atoms with Crippen LogP contribution in [-0.2, 0) is 0 Å². The van der Waals surface area contributed by atoms with Gasteiger partial charge in [-0.2, -0.15) is 0 Å². The molecule has 0 N–H and O–H groups in total. The van der Waals surface area contributed by atoms with Gasteiger partial charge in [0, 0.05) is 36.3 Å². The molecule has 14 aliphatic carbocycles. The van der Waals surface area contributed by atoms with Gasteiger partial charge in [-0.1, -0.05) is 103 Å². The second-order valence-corrected chi connectivity index (χ2v) is 32.1. The number of hydrogen-bond donors (Lipinski definition) is 0. The highest BCUT2D eigenvalue weighted by Gasteiger charge is 2.73. The average molecular weight is 1010 g/mol. The molecular weight excluding hydrogens is 893 g/mol. The summed E-state index contributed by atoms with van der Waals surface area (Å²) in [6.45, 7) is 10.2. The Morgan fingerprint density at radius 1 is 0.216 bits per heavy atom. The summed E-state index contributed by atoms with van der Waals surface area (Å²) in [5.41, 5.74) is 0. The van der Waals surface area contributed by atoms with Crippen LogP contribution in [-0.4, -0.2) is 46.1 Å². The summed E-state index contributed by atoms with van der Waals surface area (Å²) in [5, 5.41) is 0. The normalized spacial score (nSPS) is 54.3. The van der Waals surface area contributed by atoms with E-state index in [1.54, 1.807) is 77.0 Å². The Labute approximate surface area is 457 Å². The summed E-state index contributed by atoms with van der Waals surface area (Å²) < 4.78 is 0. The molecule has 2 nitrogen and oxygen atoms in total. The van der Waals surface area contributed by atoms with E-state index >= 15 is 0 Å². The molecule has 14 rings (SSSR count). The summed E-state index contributed by atoms with van der Waals surface area (Å²) in [6.07, 6.45) is 66.3. The third-order valence-electron chi connectivity index (χ3n) is 28.6. The van der Waals surface area contributed by atoms with E-state index in [-0.39, 0.29) is 0 Å². The largest absolute Gasteiger partial charge is 0.294 e. The molecule has 0 spiro atoms. The minimum absolute atomic E-state index is 0.858. The summed E-state index contributed by atoms with van der Waals surface area (Å²) in [4.78, 5) is 7.19. The van der Waals surface area contributed by atoms with Crippen LogP contribution >= 0.6 is 0 Å². The first-order valence-corrected chi connectivity index (χ1v) is 35.3. The lowest BCUT2D eigenvalue weighted by atomic mass is 9.30. The van der Waals surface area contributed by atoms with Crippen molar-refractivity contribution in [3.63, 3.8) is 0 Å². The van der Waals surface area contributed by atoms with Crippen molar-refractivity contribution in [1.29, 1.82) is 0 Å². The summed E-state index contributed by atoms with van der Waals surface area (Å²) in [5.74, 6) is 22.2. The zero-order valence-corrected chi connectivity index (χ0v) is 48.8. The molecule has 14 fully saturated rings. The van der Waals surface area contributed by atoms with Crippen LogP contribution in [0.5, 0.6) is 0 Å². The van der Waals surface area contributed by atoms with Crippen molar-refractivity contribution in [2.24, 2.45) is 130 Å². The van der Waals surface area contributed by atoms with Crippen molar-refractivity contribution in [2.45, 2.75) is 295 Å². The summed E-state index contributed by atoms with van der Waals surface area (Å²) in [7, 11) is 0. The maximum atomic E-state index is 3.59. The molecule has 0 radical (unpaired) electrons. The predicted molar refractivity (Wildman–Crippen MR) is 310 cm³/mol. The number of fused-ring (bicyclic) bond motifs is 2. The number of rotatable bonds is 10. The second-order valence-electron chi connectivity index (χ2n) is 32.1. The zero-order valence-electron chi connectivity index (χ0n) is 48.8. The molecule has 0 bridgehead atoms. The molecule has 414 valence electrons. The van der Waals surface area contributed by atoms with Crippen LogP contribution in [0.4, 0.5) is 0 Å². The van der Waals surface area contributed by atoms with Gasteiger partial charge in [-0.25, -0.2) is 0 Å². The van der Waals surface area contributed by atoms with Gasteiger partial charge in [0.15, 0.2) is 0 Å². The van der Waals surface area contributed by atoms with E-state index in [0.717, 1.165) is 166 Å². The van der Waals surface area contributed by atoms with Crippen molar-refractivity contribution in [3.8, 4) is 0 Å². The van der Waals surface area contributed by atoms with E-state index in [2.05, 4.69) is 61.8 Å². The van der Waals surface area contributed by atoms with Gasteiger partial charge >= 0.3 is 0 Å². The topological polar surface area (TPSA) is 6.48 Å². The average Bonchev–Trinajstić information content (AvgIpc) is 3.63. The van der Waals surface area contributed by atoms with Crippen molar-refractivity contribution in [3.05, 3.63) is 24.3 Å². The molecule has 12 atom stereocenters. The minimum Gasteiger partial charge on any atom is -0.294 e. The quantitative estimate of drug-likeness (QED) is 0.201. The molecule has 0 aromatic carbocycles. The van der Waals surface area contributed by atoms with Gasteiger partial charge in [0.05, 0.1) is 0 Å². The van der Waals surface area contributed by atoms with Crippen molar-refractivity contribution in [1.82, 2.24) is 9.80 Å². The Balaban J connectivity index is 0.782. The molecule has 2 heteroatoms. The van der Waals surface area contributed by atoms with Crippen LogP contribution in [0.3, 0.4) is 0 Å². The highest BCUT2D eigenvalue weighted by molar-refractivity contribution is 5.22. The van der Waals surface area contributed by atoms with Crippen molar-refractivity contribution in [2.75, 3.05) is 0 Å². The molecule has 0 amide bonds. The van der Waals surface area contributed by atoms with Gasteiger partial charge < -0.3 is 0 Å². The molecule has 0 aromatic heterocycles. The van der Waals surface area contributed by atoms with Crippen LogP contribution in [0.1, 0.15) is 259 Å². The van der Waals surface area contributed by atoms with Crippen LogP contribution in [0, 0.1) is 130 Å². The second kappa shape index (κ2) is 22.0. The van der Waals surface area contributed by atoms with E-state index in [0.29, 0.717) is 0 Å². The van der Waals surface area contributed by atoms with Crippen LogP contribution < -0.4 is 0 Å². The van der Waals surface area contributed by atoms with E-state index < -0.39 is 0 Å². The van der Waals surface area contributed by atoms with Gasteiger partial charge in [-0.05, 0) is 310 Å². The first-order valence-electron chi connectivity index (χ1n) is 35.3. The first kappa shape index (κ1) is 51.5. The minimum atomic E-state index is 0.858. The Morgan fingerprint density at radius 3 is 0.676 bits per heavy atom. The van der Waals surface area contributed by atoms with Gasteiger partial charge in [-0.3, -0.25) is 9.80 Å². The third-order valence-corrected chi connectivity index (χ3v) is 28.6. The smallest absolute Gasteiger partial charge is 0.0163 e. The number of hydrogen-bond acceptors (Lipinski definition) is 2. The molecule has 12 unspecified atom stereocenters. The third kappa shape index (κ3) is 9.46. The lowest BCUT2D eigenvalue weighted by Gasteiger charge is -2.77. The molecule has 0 aliphatic heterocycles. The van der Waals surface area contributed by atoms with Crippen LogP contribution in [0.25, 0.3) is 0 Å². The standard InChI is InChI=1S/C72H116N2/c1-45-17-25-49(26-18-45)29-31-51-33-41-55(42-34-51)73(53-37-21-47(3)22-38-53)71-61-13-5-9-57-59-11-7-15-63-67(59)70-68-60(58-10-6-14-62(71)66(58)69(70)65(57)61)12-8-16-64(68)72(63)74(54-39-23-48(4)24-40-54)56-43-35-52(36-44-56)32-30-50-27-19-46(2)20-28-50/h29-32,45-72H,5-28,33-44H2,1-4H3/b31-29+,32-30+. The van der Waals surface area contributed by atoms with Crippen LogP contribution in [0.2, 0.25) is 0 Å². The SMILES string of the molecule is CC1CCC(/C=C/C2CCC(N(C3CCC(C)CC3)C3C4CCCC5C6CCCC7C6C6C8C(CCCC8C7N(C7CCC(C)CC7)C7CCC(/C=C/C8CCC(C)CC8)CC7)C7CCCC3C7C6C54)CC2)CC1. The number of nitrogens with zero attached hydrogens (tertiary/aromatic N) is 2. The van der Waals surface area contributed by atoms with Crippen LogP contribution in [0.15, 0.2) is 24.3 Å². The zero-order chi connectivity index (χ0) is 49.6. The van der Waals surface area contributed by atoms with E-state index in [1.807, 2.05) is 0 Å². The van der Waals surface area contributed by atoms with E-state index in [1.165, 1.54) is 154 Å². The first-order chi connectivity index (χ1) is 36.3. The van der Waals surface area contributed by atoms with E-state index in [4.69, 9.17) is 0 Å². The van der Waals surface area contributed by atoms with Gasteiger partial charge in [0.2, 0.25) is 0 Å². The van der Waals surface area contributed by atoms with Gasteiger partial charge in [0.1, 0.15) is 0 Å². The summed E-state index contributed by atoms with van der Waals surface area (Å²) in [6, 6.07) is 5.37. The molecular formula is C72H116N2. The van der Waals surface area contributed by atoms with Crippen molar-refractivity contribution >= 4 is 0 Å². The predicted octanol–water partition coefficient (Wildman–Crippen LogP) is 18.8. The molecule has 0 heterocycles. The fraction of sp³-hybridized carbons (Fsp3) is 0.944. The Morgan fingerprint density at radius 2 is 0.419 bits per heavy atom. The fourth-order valence-electron chi connectivity index (χ4n) is 25.5. The molecule has 14 aliphatic rings. The number of allylic oxidation sites excluding steroid dienone is 4. The monoisotopic (exact) mass is 1010 g/mol. The lowest BCUT2D eigenvalue weighted by Crippen LogP contribution is -2.75. The van der Waals surface area contributed by atoms with Gasteiger partial charge in [0.25, 0.3) is 0 Å². The molecule has 14 saturated carbocycles. The maximum absolute atomic E-state index is 3.59. The maximum Gasteiger partial charge on any atom is 0.0163 e. The van der Waals surface area contributed by atoms with E-state index in [9.17, 15) is 0 Å². The van der Waals surface area contributed by atoms with Crippen molar-refractivity contribution < 1.29 is 0 Å². The molecule has 0 saturated heterocycles. The molecule has 0 aromatic rings. The Kier molecular flexibility index (Phi) is 15.4. The highest BCUT2D eigenvalue weighted by Crippen LogP contribution is 2.76. The summed E-state index contributed by atoms with van der Waals surface area (Å²) >= 11 is 0. The highest BCUT2D eigenvalue weighted by atomic mass is 15.2. The Hall–Kier alpha value is -0.600.